The van der Waals surface area contributed by atoms with E-state index in [1.165, 1.54) is 11.3 Å². The van der Waals surface area contributed by atoms with Crippen LogP contribution in [0.1, 0.15) is 16.1 Å². The molecule has 3 aromatic rings. The fraction of sp³-hybridized carbons (Fsp3) is 0.0833. The molecule has 5 nitrogen and oxygen atoms in total. The second-order valence-electron chi connectivity index (χ2n) is 3.86. The Hall–Kier alpha value is -2.21. The average molecular weight is 259 g/mol. The molecule has 0 saturated carbocycles. The van der Waals surface area contributed by atoms with Crippen LogP contribution >= 0.6 is 11.3 Å². The first-order valence-electron chi connectivity index (χ1n) is 5.29. The lowest BCUT2D eigenvalue weighted by Gasteiger charge is -1.93. The fourth-order valence-corrected chi connectivity index (χ4v) is 2.59. The summed E-state index contributed by atoms with van der Waals surface area (Å²) in [5.41, 5.74) is 4.04. The summed E-state index contributed by atoms with van der Waals surface area (Å²) in [5.74, 6) is -0.307. The van der Waals surface area contributed by atoms with Crippen molar-refractivity contribution in [2.24, 2.45) is 0 Å². The molecule has 0 fully saturated rings. The number of carboxylic acid groups (broad SMARTS) is 1. The first-order valence-corrected chi connectivity index (χ1v) is 6.17. The molecule has 0 bridgehead atoms. The van der Waals surface area contributed by atoms with Gasteiger partial charge in [-0.1, -0.05) is 6.07 Å². The third-order valence-electron chi connectivity index (χ3n) is 2.70. The zero-order valence-electron chi connectivity index (χ0n) is 9.47. The van der Waals surface area contributed by atoms with Gasteiger partial charge in [0.15, 0.2) is 5.82 Å². The minimum absolute atomic E-state index is 0.206. The Morgan fingerprint density at radius 1 is 1.44 bits per heavy atom. The zero-order valence-corrected chi connectivity index (χ0v) is 10.3. The maximum Gasteiger partial charge on any atom is 0.337 e. The Kier molecular flexibility index (Phi) is 2.38. The maximum absolute atomic E-state index is 11.1. The average Bonchev–Trinajstić information content (AvgIpc) is 2.92. The standard InChI is InChI=1S/C12H9N3O2S/c1-6-10(18-5-13-6)11-14-8-4-2-3-7(12(16)17)9(8)15-11/h2-5H,1H3,(H,14,15)(H,16,17). The minimum Gasteiger partial charge on any atom is -0.478 e. The quantitative estimate of drug-likeness (QED) is 0.741. The van der Waals surface area contributed by atoms with Gasteiger partial charge in [0.2, 0.25) is 0 Å². The molecule has 0 spiro atoms. The van der Waals surface area contributed by atoms with Crippen LogP contribution in [-0.4, -0.2) is 26.0 Å². The molecule has 0 radical (unpaired) electrons. The van der Waals surface area contributed by atoms with Gasteiger partial charge in [0.25, 0.3) is 0 Å². The highest BCUT2D eigenvalue weighted by Crippen LogP contribution is 2.27. The van der Waals surface area contributed by atoms with Gasteiger partial charge in [0, 0.05) is 0 Å². The van der Waals surface area contributed by atoms with E-state index in [1.807, 2.05) is 13.0 Å². The monoisotopic (exact) mass is 259 g/mol. The molecule has 90 valence electrons. The number of imidazole rings is 1. The number of aryl methyl sites for hydroxylation is 1. The Balaban J connectivity index is 2.26. The molecule has 3 rings (SSSR count). The lowest BCUT2D eigenvalue weighted by molar-refractivity contribution is 0.0699. The number of hydrogen-bond donors (Lipinski definition) is 2. The van der Waals surface area contributed by atoms with E-state index in [0.29, 0.717) is 11.3 Å². The molecule has 6 heteroatoms. The zero-order chi connectivity index (χ0) is 12.7. The normalized spacial score (nSPS) is 10.9. The van der Waals surface area contributed by atoms with Crippen molar-refractivity contribution in [2.45, 2.75) is 6.92 Å². The van der Waals surface area contributed by atoms with Gasteiger partial charge in [-0.3, -0.25) is 0 Å². The number of fused-ring (bicyclic) bond motifs is 1. The number of rotatable bonds is 2. The van der Waals surface area contributed by atoms with Crippen LogP contribution in [0.25, 0.3) is 21.7 Å². The summed E-state index contributed by atoms with van der Waals surface area (Å²) >= 11 is 1.48. The molecule has 0 unspecified atom stereocenters. The number of nitrogens with zero attached hydrogens (tertiary/aromatic N) is 2. The number of carboxylic acids is 1. The van der Waals surface area contributed by atoms with Gasteiger partial charge >= 0.3 is 5.97 Å². The fourth-order valence-electron chi connectivity index (χ4n) is 1.84. The maximum atomic E-state index is 11.1. The molecule has 0 amide bonds. The van der Waals surface area contributed by atoms with Gasteiger partial charge in [-0.05, 0) is 19.1 Å². The van der Waals surface area contributed by atoms with E-state index in [4.69, 9.17) is 5.11 Å². The molecule has 0 saturated heterocycles. The second-order valence-corrected chi connectivity index (χ2v) is 4.71. The number of aromatic nitrogens is 3. The first kappa shape index (κ1) is 10.9. The van der Waals surface area contributed by atoms with Crippen molar-refractivity contribution >= 4 is 28.3 Å². The summed E-state index contributed by atoms with van der Waals surface area (Å²) in [6.07, 6.45) is 0. The molecule has 0 aliphatic carbocycles. The Labute approximate surface area is 106 Å². The molecule has 18 heavy (non-hydrogen) atoms. The van der Waals surface area contributed by atoms with E-state index in [-0.39, 0.29) is 5.56 Å². The molecule has 0 aliphatic heterocycles. The Bertz CT molecular complexity index is 745. The van der Waals surface area contributed by atoms with E-state index in [1.54, 1.807) is 17.6 Å². The number of nitrogens with one attached hydrogen (secondary N) is 1. The molecule has 2 heterocycles. The van der Waals surface area contributed by atoms with Crippen LogP contribution in [0.15, 0.2) is 23.7 Å². The first-order chi connectivity index (χ1) is 8.66. The number of H-pyrrole nitrogens is 1. The highest BCUT2D eigenvalue weighted by Gasteiger charge is 2.15. The topological polar surface area (TPSA) is 78.9 Å². The molecule has 0 atom stereocenters. The number of aromatic amines is 1. The summed E-state index contributed by atoms with van der Waals surface area (Å²) in [4.78, 5) is 23.7. The van der Waals surface area contributed by atoms with Gasteiger partial charge < -0.3 is 10.1 Å². The van der Waals surface area contributed by atoms with Gasteiger partial charge in [-0.2, -0.15) is 0 Å². The minimum atomic E-state index is -0.973. The predicted molar refractivity (Wildman–Crippen MR) is 68.9 cm³/mol. The predicted octanol–water partition coefficient (Wildman–Crippen LogP) is 2.69. The molecule has 0 aliphatic rings. The summed E-state index contributed by atoms with van der Waals surface area (Å²) < 4.78 is 0. The van der Waals surface area contributed by atoms with Crippen molar-refractivity contribution in [3.8, 4) is 10.7 Å². The van der Waals surface area contributed by atoms with Crippen molar-refractivity contribution in [1.29, 1.82) is 0 Å². The second kappa shape index (κ2) is 3.92. The van der Waals surface area contributed by atoms with Gasteiger partial charge in [0.1, 0.15) is 5.52 Å². The van der Waals surface area contributed by atoms with E-state index < -0.39 is 5.97 Å². The van der Waals surface area contributed by atoms with Crippen molar-refractivity contribution in [3.63, 3.8) is 0 Å². The van der Waals surface area contributed by atoms with Crippen LogP contribution in [0.5, 0.6) is 0 Å². The van der Waals surface area contributed by atoms with Crippen LogP contribution in [-0.2, 0) is 0 Å². The van der Waals surface area contributed by atoms with Crippen molar-refractivity contribution in [2.75, 3.05) is 0 Å². The molecular weight excluding hydrogens is 250 g/mol. The smallest absolute Gasteiger partial charge is 0.337 e. The number of benzene rings is 1. The van der Waals surface area contributed by atoms with Crippen LogP contribution in [0.2, 0.25) is 0 Å². The van der Waals surface area contributed by atoms with Gasteiger partial charge in [-0.25, -0.2) is 14.8 Å². The molecule has 1 aromatic carbocycles. The number of para-hydroxylation sites is 1. The number of aromatic carboxylic acids is 1. The third-order valence-corrected chi connectivity index (χ3v) is 3.64. The summed E-state index contributed by atoms with van der Waals surface area (Å²) in [6, 6.07) is 5.07. The largest absolute Gasteiger partial charge is 0.478 e. The lowest BCUT2D eigenvalue weighted by atomic mass is 10.2. The van der Waals surface area contributed by atoms with Gasteiger partial charge in [0.05, 0.1) is 27.2 Å². The van der Waals surface area contributed by atoms with Crippen molar-refractivity contribution < 1.29 is 9.90 Å². The van der Waals surface area contributed by atoms with Crippen LogP contribution in [0.3, 0.4) is 0 Å². The Morgan fingerprint density at radius 2 is 2.28 bits per heavy atom. The summed E-state index contributed by atoms with van der Waals surface area (Å²) in [7, 11) is 0. The Morgan fingerprint density at radius 3 is 2.94 bits per heavy atom. The van der Waals surface area contributed by atoms with Crippen LogP contribution in [0.4, 0.5) is 0 Å². The van der Waals surface area contributed by atoms with Crippen LogP contribution in [0, 0.1) is 6.92 Å². The number of hydrogen-bond acceptors (Lipinski definition) is 4. The van der Waals surface area contributed by atoms with Crippen molar-refractivity contribution in [3.05, 3.63) is 35.0 Å². The molecule has 2 N–H and O–H groups in total. The van der Waals surface area contributed by atoms with E-state index in [9.17, 15) is 4.79 Å². The summed E-state index contributed by atoms with van der Waals surface area (Å²) in [6.45, 7) is 1.90. The van der Waals surface area contributed by atoms with E-state index in [2.05, 4.69) is 15.0 Å². The summed E-state index contributed by atoms with van der Waals surface area (Å²) in [5, 5.41) is 9.11. The third kappa shape index (κ3) is 1.58. The number of carbonyl (C=O) groups is 1. The van der Waals surface area contributed by atoms with E-state index in [0.717, 1.165) is 16.1 Å². The van der Waals surface area contributed by atoms with E-state index >= 15 is 0 Å². The van der Waals surface area contributed by atoms with Crippen molar-refractivity contribution in [1.82, 2.24) is 15.0 Å². The number of thiazole rings is 1. The van der Waals surface area contributed by atoms with Crippen LogP contribution < -0.4 is 0 Å². The molecule has 2 aromatic heterocycles. The van der Waals surface area contributed by atoms with Gasteiger partial charge in [-0.15, -0.1) is 11.3 Å². The highest BCUT2D eigenvalue weighted by atomic mass is 32.1. The lowest BCUT2D eigenvalue weighted by Crippen LogP contribution is -1.96. The molecular formula is C12H9N3O2S. The highest BCUT2D eigenvalue weighted by molar-refractivity contribution is 7.13. The SMILES string of the molecule is Cc1ncsc1-c1nc2c(C(=O)O)cccc2[nH]1.